The Hall–Kier alpha value is -16.0. The van der Waals surface area contributed by atoms with E-state index in [0.717, 1.165) is 80.1 Å². The number of amides is 4. The highest BCUT2D eigenvalue weighted by atomic mass is 32.2. The summed E-state index contributed by atoms with van der Waals surface area (Å²) < 4.78 is 169. The van der Waals surface area contributed by atoms with Gasteiger partial charge < -0.3 is 35.5 Å². The van der Waals surface area contributed by atoms with Crippen molar-refractivity contribution in [3.8, 4) is 24.2 Å². The summed E-state index contributed by atoms with van der Waals surface area (Å²) in [7, 11) is -16.4. The summed E-state index contributed by atoms with van der Waals surface area (Å²) in [5.41, 5.74) is 11.7. The van der Waals surface area contributed by atoms with Crippen molar-refractivity contribution in [2.24, 2.45) is 0 Å². The second-order valence-electron chi connectivity index (χ2n) is 32.4. The highest BCUT2D eigenvalue weighted by molar-refractivity contribution is 7.93. The second-order valence-corrected chi connectivity index (χ2v) is 42.8. The van der Waals surface area contributed by atoms with Gasteiger partial charge in [-0.3, -0.25) is 61.9 Å². The molecular weight excluding hydrogens is 1980 g/mol. The Morgan fingerprint density at radius 3 is 1.01 bits per heavy atom. The number of nitrogens with one attached hydrogen (secondary N) is 10. The average molecular weight is 2100 g/mol. The summed E-state index contributed by atoms with van der Waals surface area (Å²) in [5.74, 6) is 0.756. The van der Waals surface area contributed by atoms with Crippen molar-refractivity contribution in [3.63, 3.8) is 0 Å². The van der Waals surface area contributed by atoms with Gasteiger partial charge in [-0.05, 0) is 212 Å². The van der Waals surface area contributed by atoms with E-state index in [1.54, 1.807) is 239 Å². The molecule has 0 bridgehead atoms. The van der Waals surface area contributed by atoms with Gasteiger partial charge in [0.25, 0.3) is 33.7 Å². The molecule has 762 valence electrons. The molecule has 13 aromatic carbocycles. The molecule has 10 N–H and O–H groups in total. The summed E-state index contributed by atoms with van der Waals surface area (Å²) in [6.07, 6.45) is 15.8. The first kappa shape index (κ1) is 115. The van der Waals surface area contributed by atoms with Crippen LogP contribution in [0.15, 0.2) is 320 Å². The first-order chi connectivity index (χ1) is 69.2. The van der Waals surface area contributed by atoms with E-state index in [4.69, 9.17) is 25.9 Å². The molecule has 0 radical (unpaired) electrons. The first-order valence-electron chi connectivity index (χ1n) is 44.6. The number of sulfonamides is 6. The van der Waals surface area contributed by atoms with Crippen LogP contribution in [0.3, 0.4) is 0 Å². The number of methoxy groups -OCH3 is 3. The van der Waals surface area contributed by atoms with Crippen LogP contribution < -0.4 is 54.3 Å². The maximum Gasteiger partial charge on any atom is 0.261 e. The van der Waals surface area contributed by atoms with Crippen LogP contribution in [0.25, 0.3) is 0 Å². The van der Waals surface area contributed by atoms with Crippen molar-refractivity contribution in [2.75, 3.05) is 115 Å². The van der Waals surface area contributed by atoms with E-state index in [2.05, 4.69) is 74.6 Å². The monoisotopic (exact) mass is 2090 g/mol. The average Bonchev–Trinajstić information content (AvgIpc) is 0.814. The standard InChI is InChI=1S/C22H22N2O4S.C19H23NO3S.C17H20N2O4S.C17H17NO4S.C16H15N3O4S.C16H14N2O3S/c1-28-16-15-17-11-13-18(14-12-17)23-22(25)20-9-5-6-10-21(20)24-29(26,27)19-7-3-2-4-8-19;1-3-4-7-15-10-12-16(13-11-15)14-19(21)17-8-5-6-9-18(17)20-24(2,22)23;1-23-12-11-13-7-9-14(10-8-13)18-17(20)15-5-3-4-6-16(15)19-24(2,21)22;1-12(19)14-7-5-6-13(10-14)11-17(20)15-8-3-4-9-16(15)18-23(2,21)22;1-23-15-8-7-12(9-11(15)10-17)18-16(20)13-5-3-4-6-14(13)19-24(2,21)22;1-3-12-7-6-8-13(11-12)17-16(19)14-9-4-5-10-15(14)18-22(2,20)21/h2-14,24H,15-16H2,1H3,(H,23,25);5-6,8-13,20H,3-4,7,14H2,1-2H3;3-10,19H,11-12H2,1-2H3,(H,18,20);3-10,18H,11H2,1-2H3;3-9,19H,1-2H3,(H,18,20);1,4-11,18H,2H3,(H,17,19). The van der Waals surface area contributed by atoms with Gasteiger partial charge in [-0.2, -0.15) is 5.26 Å². The van der Waals surface area contributed by atoms with Gasteiger partial charge in [0.1, 0.15) is 11.8 Å². The first-order valence-corrected chi connectivity index (χ1v) is 55.5. The van der Waals surface area contributed by atoms with E-state index >= 15 is 0 Å². The summed E-state index contributed by atoms with van der Waals surface area (Å²) in [5, 5.41) is 20.0. The maximum absolute atomic E-state index is 12.7. The van der Waals surface area contributed by atoms with Crippen LogP contribution in [0.4, 0.5) is 56.9 Å². The number of rotatable bonds is 38. The lowest BCUT2D eigenvalue weighted by Crippen LogP contribution is -2.18. The molecule has 0 aromatic heterocycles. The van der Waals surface area contributed by atoms with Gasteiger partial charge in [0.2, 0.25) is 50.1 Å². The summed E-state index contributed by atoms with van der Waals surface area (Å²) in [4.78, 5) is 86.5. The van der Waals surface area contributed by atoms with Gasteiger partial charge >= 0.3 is 0 Å². The number of aryl methyl sites for hydroxylation is 1. The molecule has 0 aliphatic rings. The molecule has 0 aliphatic heterocycles. The fourth-order valence-electron chi connectivity index (χ4n) is 13.5. The number of anilines is 10. The maximum atomic E-state index is 12.7. The molecule has 33 nitrogen and oxygen atoms in total. The van der Waals surface area contributed by atoms with Gasteiger partial charge in [-0.15, -0.1) is 6.42 Å². The topological polar surface area (TPSA) is 496 Å². The van der Waals surface area contributed by atoms with Crippen molar-refractivity contribution >= 4 is 158 Å². The van der Waals surface area contributed by atoms with Crippen LogP contribution in [0, 0.1) is 23.7 Å². The minimum Gasteiger partial charge on any atom is -0.495 e. The van der Waals surface area contributed by atoms with Crippen LogP contribution in [-0.2, 0) is 102 Å². The molecule has 146 heavy (non-hydrogen) atoms. The van der Waals surface area contributed by atoms with Crippen molar-refractivity contribution in [1.29, 1.82) is 5.26 Å². The second kappa shape index (κ2) is 55.6. The minimum atomic E-state index is -3.80. The zero-order valence-electron chi connectivity index (χ0n) is 81.3. The van der Waals surface area contributed by atoms with Crippen LogP contribution in [0.1, 0.15) is 138 Å². The fourth-order valence-corrected chi connectivity index (χ4v) is 17.5. The number of hydrogen-bond acceptors (Lipinski definition) is 23. The number of unbranched alkanes of at least 4 members (excludes halogenated alkanes) is 1. The minimum absolute atomic E-state index is 0.0709. The molecule has 4 amide bonds. The molecule has 0 atom stereocenters. The third-order valence-corrected chi connectivity index (χ3v) is 24.6. The molecule has 0 unspecified atom stereocenters. The molecular formula is C107H111N11O22S6. The highest BCUT2D eigenvalue weighted by Crippen LogP contribution is 2.29. The predicted molar refractivity (Wildman–Crippen MR) is 574 cm³/mol. The number of Topliss-reactive ketones (excluding diaryl/α,β-unsaturated/α-hetero) is 3. The largest absolute Gasteiger partial charge is 0.495 e. The number of ketones is 3. The Labute approximate surface area is 852 Å². The zero-order chi connectivity index (χ0) is 107. The quantitative estimate of drug-likeness (QED) is 0.0127. The zero-order valence-corrected chi connectivity index (χ0v) is 86.2. The van der Waals surface area contributed by atoms with Crippen LogP contribution in [-0.4, -0.2) is 157 Å². The number of nitrogens with zero attached hydrogens (tertiary/aromatic N) is 1. The van der Waals surface area contributed by atoms with E-state index in [-0.39, 0.29) is 97.2 Å². The van der Waals surface area contributed by atoms with E-state index in [0.29, 0.717) is 75.2 Å². The van der Waals surface area contributed by atoms with E-state index in [1.165, 1.54) is 62.1 Å². The Bertz CT molecular complexity index is 7470. The molecule has 13 rings (SSSR count). The number of terminal acetylenes is 1. The van der Waals surface area contributed by atoms with E-state index < -0.39 is 77.9 Å². The van der Waals surface area contributed by atoms with Crippen molar-refractivity contribution in [3.05, 3.63) is 393 Å². The molecule has 0 aliphatic carbocycles. The van der Waals surface area contributed by atoms with Gasteiger partial charge in [0.05, 0.1) is 118 Å². The van der Waals surface area contributed by atoms with Crippen molar-refractivity contribution < 1.29 is 98.3 Å². The number of nitriles is 1. The van der Waals surface area contributed by atoms with Gasteiger partial charge in [0, 0.05) is 72.1 Å². The number of carbonyl (C=O) groups excluding carboxylic acids is 7. The third kappa shape index (κ3) is 40.1. The molecule has 0 fully saturated rings. The molecule has 0 spiro atoms. The number of para-hydroxylation sites is 6. The Balaban J connectivity index is 0.000000214. The smallest absolute Gasteiger partial charge is 0.261 e. The predicted octanol–water partition coefficient (Wildman–Crippen LogP) is 17.4. The summed E-state index contributed by atoms with van der Waals surface area (Å²) >= 11 is 0. The van der Waals surface area contributed by atoms with E-state index in [1.807, 2.05) is 42.5 Å². The number of carbonyl (C=O) groups is 7. The van der Waals surface area contributed by atoms with Gasteiger partial charge in [-0.25, -0.2) is 50.5 Å². The molecule has 0 saturated heterocycles. The Morgan fingerprint density at radius 2 is 0.651 bits per heavy atom. The molecule has 39 heteroatoms. The normalized spacial score (nSPS) is 10.9. The lowest BCUT2D eigenvalue weighted by Gasteiger charge is -2.13. The number of hydrogen-bond donors (Lipinski definition) is 10. The molecule has 13 aromatic rings. The van der Waals surface area contributed by atoms with Crippen molar-refractivity contribution in [2.45, 2.75) is 63.7 Å². The lowest BCUT2D eigenvalue weighted by molar-refractivity contribution is 0.0985. The summed E-state index contributed by atoms with van der Waals surface area (Å²) in [6.45, 7) is 4.89. The lowest BCUT2D eigenvalue weighted by atomic mass is 9.99. The highest BCUT2D eigenvalue weighted by Gasteiger charge is 2.24. The summed E-state index contributed by atoms with van der Waals surface area (Å²) in [6, 6.07) is 89.8. The number of benzene rings is 13. The Kier molecular flexibility index (Phi) is 43.9. The van der Waals surface area contributed by atoms with E-state index in [9.17, 15) is 84.1 Å². The van der Waals surface area contributed by atoms with Gasteiger partial charge in [0.15, 0.2) is 17.3 Å². The van der Waals surface area contributed by atoms with Gasteiger partial charge in [-0.1, -0.05) is 183 Å². The van der Waals surface area contributed by atoms with Crippen LogP contribution in [0.2, 0.25) is 0 Å². The SMILES string of the molecule is C#Cc1cccc(NC(=O)c2ccccc2NS(C)(=O)=O)c1.CC(=O)c1cccc(CC(=O)c2ccccc2NS(C)(=O)=O)c1.CCCCc1ccc(CC(=O)c2ccccc2NS(C)(=O)=O)cc1.COCCc1ccc(NC(=O)c2ccccc2NS(=O)(=O)c2ccccc2)cc1.COCCc1ccc(NC(=O)c2ccccc2NS(C)(=O)=O)cc1.COc1ccc(NC(=O)c2ccccc2NS(C)(=O)=O)cc1C#N. The third-order valence-electron chi connectivity index (χ3n) is 20.3. The number of ether oxygens (including phenoxy) is 3. The Morgan fingerprint density at radius 1 is 0.329 bits per heavy atom. The van der Waals surface area contributed by atoms with Crippen molar-refractivity contribution in [1.82, 2.24) is 0 Å². The fraction of sp³-hybridized carbons (Fsp3) is 0.178. The van der Waals surface area contributed by atoms with Crippen LogP contribution in [0.5, 0.6) is 5.75 Å². The van der Waals surface area contributed by atoms with Crippen LogP contribution >= 0.6 is 0 Å². The molecule has 0 saturated carbocycles. The molecule has 0 heterocycles.